The zero-order valence-electron chi connectivity index (χ0n) is 20.1. The summed E-state index contributed by atoms with van der Waals surface area (Å²) in [5.74, 6) is -1.22. The zero-order valence-corrected chi connectivity index (χ0v) is 20.1. The number of ether oxygens (including phenoxy) is 2. The third-order valence-corrected chi connectivity index (χ3v) is 7.13. The average molecular weight is 484 g/mol. The molecule has 1 heterocycles. The van der Waals surface area contributed by atoms with Gasteiger partial charge in [0.2, 0.25) is 0 Å². The Kier molecular flexibility index (Phi) is 6.46. The summed E-state index contributed by atoms with van der Waals surface area (Å²) >= 11 is 0. The van der Waals surface area contributed by atoms with Gasteiger partial charge in [-0.25, -0.2) is 4.79 Å². The molecule has 5 rings (SSSR count). The van der Waals surface area contributed by atoms with Crippen LogP contribution in [0.3, 0.4) is 0 Å². The highest BCUT2D eigenvalue weighted by atomic mass is 16.6. The van der Waals surface area contributed by atoms with Gasteiger partial charge in [0.1, 0.15) is 12.4 Å². The summed E-state index contributed by atoms with van der Waals surface area (Å²) < 4.78 is 11.2. The Bertz CT molecular complexity index is 1280. The number of likely N-dealkylation sites (tertiary alicyclic amines) is 1. The molecule has 0 saturated carbocycles. The van der Waals surface area contributed by atoms with E-state index < -0.39 is 12.0 Å². The molecule has 2 atom stereocenters. The van der Waals surface area contributed by atoms with Crippen LogP contribution in [0.5, 0.6) is 0 Å². The van der Waals surface area contributed by atoms with Gasteiger partial charge in [-0.1, -0.05) is 66.7 Å². The van der Waals surface area contributed by atoms with Crippen molar-refractivity contribution in [2.24, 2.45) is 11.7 Å². The van der Waals surface area contributed by atoms with Crippen LogP contribution in [-0.4, -0.2) is 49.1 Å². The van der Waals surface area contributed by atoms with E-state index in [1.165, 1.54) is 11.1 Å². The number of esters is 1. The predicted molar refractivity (Wildman–Crippen MR) is 137 cm³/mol. The number of nitrogens with one attached hydrogen (secondary N) is 1. The lowest BCUT2D eigenvalue weighted by Gasteiger charge is -2.19. The molecule has 1 aliphatic heterocycles. The van der Waals surface area contributed by atoms with Crippen molar-refractivity contribution < 1.29 is 19.1 Å². The number of nitrogens with zero attached hydrogens (tertiary/aromatic N) is 1. The second-order valence-corrected chi connectivity index (χ2v) is 9.21. The molecule has 0 spiro atoms. The monoisotopic (exact) mass is 483 g/mol. The van der Waals surface area contributed by atoms with Gasteiger partial charge >= 0.3 is 12.1 Å². The third-order valence-electron chi connectivity index (χ3n) is 7.13. The van der Waals surface area contributed by atoms with Gasteiger partial charge in [0, 0.05) is 30.5 Å². The lowest BCUT2D eigenvalue weighted by atomic mass is 9.88. The first-order chi connectivity index (χ1) is 17.5. The van der Waals surface area contributed by atoms with Gasteiger partial charge < -0.3 is 20.1 Å². The molecule has 2 aliphatic rings. The number of rotatable bonds is 6. The van der Waals surface area contributed by atoms with E-state index in [-0.39, 0.29) is 43.4 Å². The molecule has 1 amide bonds. The van der Waals surface area contributed by atoms with Crippen molar-refractivity contribution in [1.82, 2.24) is 4.90 Å². The molecule has 3 aromatic carbocycles. The largest absolute Gasteiger partial charge is 0.466 e. The van der Waals surface area contributed by atoms with Crippen molar-refractivity contribution >= 4 is 17.9 Å². The third kappa shape index (κ3) is 4.33. The maximum atomic E-state index is 13.2. The second kappa shape index (κ2) is 9.85. The van der Waals surface area contributed by atoms with Crippen LogP contribution in [0.25, 0.3) is 11.1 Å². The molecule has 0 radical (unpaired) electrons. The van der Waals surface area contributed by atoms with E-state index in [1.54, 1.807) is 24.0 Å². The number of nitrogens with two attached hydrogens (primary N) is 1. The van der Waals surface area contributed by atoms with E-state index in [0.29, 0.717) is 12.1 Å². The fourth-order valence-electron chi connectivity index (χ4n) is 5.40. The molecule has 0 bridgehead atoms. The van der Waals surface area contributed by atoms with Crippen LogP contribution >= 0.6 is 0 Å². The van der Waals surface area contributed by atoms with E-state index in [9.17, 15) is 9.59 Å². The van der Waals surface area contributed by atoms with E-state index in [4.69, 9.17) is 20.6 Å². The minimum absolute atomic E-state index is 0.0344. The Balaban J connectivity index is 1.34. The Morgan fingerprint density at radius 2 is 1.61 bits per heavy atom. The molecular weight excluding hydrogens is 454 g/mol. The molecule has 0 aromatic heterocycles. The average Bonchev–Trinajstić information content (AvgIpc) is 3.48. The minimum Gasteiger partial charge on any atom is -0.466 e. The van der Waals surface area contributed by atoms with Gasteiger partial charge in [-0.2, -0.15) is 0 Å². The Morgan fingerprint density at radius 3 is 2.25 bits per heavy atom. The topological polar surface area (TPSA) is 106 Å². The SMILES string of the molecule is CCOC(=O)C1CN(C(=O)OCC2c3ccccc3-c3ccccc32)CC1c1cccc(C(=N)N)c1. The molecule has 184 valence electrons. The number of nitrogen functional groups attached to an aromatic ring is 1. The van der Waals surface area contributed by atoms with Crippen LogP contribution in [0, 0.1) is 11.3 Å². The zero-order chi connectivity index (χ0) is 25.2. The number of carbonyl (C=O) groups excluding carboxylic acids is 2. The molecule has 1 aliphatic carbocycles. The molecule has 7 heteroatoms. The van der Waals surface area contributed by atoms with Crippen LogP contribution in [0.2, 0.25) is 0 Å². The van der Waals surface area contributed by atoms with E-state index in [2.05, 4.69) is 24.3 Å². The number of carbonyl (C=O) groups is 2. The molecule has 7 nitrogen and oxygen atoms in total. The van der Waals surface area contributed by atoms with Crippen LogP contribution < -0.4 is 5.73 Å². The van der Waals surface area contributed by atoms with E-state index in [1.807, 2.05) is 36.4 Å². The molecule has 3 N–H and O–H groups in total. The molecule has 1 fully saturated rings. The number of amidine groups is 1. The molecule has 36 heavy (non-hydrogen) atoms. The van der Waals surface area contributed by atoms with Crippen LogP contribution in [0.4, 0.5) is 4.79 Å². The number of benzene rings is 3. The number of hydrogen-bond acceptors (Lipinski definition) is 5. The summed E-state index contributed by atoms with van der Waals surface area (Å²) in [7, 11) is 0. The summed E-state index contributed by atoms with van der Waals surface area (Å²) in [4.78, 5) is 27.6. The lowest BCUT2D eigenvalue weighted by Crippen LogP contribution is -2.31. The quantitative estimate of drug-likeness (QED) is 0.305. The summed E-state index contributed by atoms with van der Waals surface area (Å²) in [6, 6.07) is 23.7. The predicted octanol–water partition coefficient (Wildman–Crippen LogP) is 4.50. The van der Waals surface area contributed by atoms with Crippen LogP contribution in [-0.2, 0) is 14.3 Å². The highest BCUT2D eigenvalue weighted by molar-refractivity contribution is 5.95. The second-order valence-electron chi connectivity index (χ2n) is 9.21. The summed E-state index contributed by atoms with van der Waals surface area (Å²) in [6.07, 6.45) is -0.448. The fourth-order valence-corrected chi connectivity index (χ4v) is 5.40. The minimum atomic E-state index is -0.521. The maximum absolute atomic E-state index is 13.2. The first-order valence-electron chi connectivity index (χ1n) is 12.2. The van der Waals surface area contributed by atoms with Crippen LogP contribution in [0.15, 0.2) is 72.8 Å². The van der Waals surface area contributed by atoms with Crippen molar-refractivity contribution in [3.63, 3.8) is 0 Å². The van der Waals surface area contributed by atoms with Gasteiger partial charge in [-0.15, -0.1) is 0 Å². The maximum Gasteiger partial charge on any atom is 0.409 e. The molecular formula is C29H29N3O4. The molecule has 2 unspecified atom stereocenters. The van der Waals surface area contributed by atoms with E-state index in [0.717, 1.165) is 16.7 Å². The first kappa shape index (κ1) is 23.6. The van der Waals surface area contributed by atoms with Gasteiger partial charge in [0.05, 0.1) is 12.5 Å². The van der Waals surface area contributed by atoms with Crippen molar-refractivity contribution in [2.75, 3.05) is 26.3 Å². The summed E-state index contributed by atoms with van der Waals surface area (Å²) in [5, 5.41) is 7.75. The lowest BCUT2D eigenvalue weighted by molar-refractivity contribution is -0.147. The highest BCUT2D eigenvalue weighted by Gasteiger charge is 2.42. The molecule has 3 aromatic rings. The van der Waals surface area contributed by atoms with E-state index >= 15 is 0 Å². The van der Waals surface area contributed by atoms with Crippen LogP contribution in [0.1, 0.15) is 41.0 Å². The highest BCUT2D eigenvalue weighted by Crippen LogP contribution is 2.44. The smallest absolute Gasteiger partial charge is 0.409 e. The van der Waals surface area contributed by atoms with Gasteiger partial charge in [-0.05, 0) is 40.8 Å². The van der Waals surface area contributed by atoms with Gasteiger partial charge in [-0.3, -0.25) is 10.2 Å². The number of fused-ring (bicyclic) bond motifs is 3. The molecule has 1 saturated heterocycles. The van der Waals surface area contributed by atoms with Gasteiger partial charge in [0.25, 0.3) is 0 Å². The first-order valence-corrected chi connectivity index (χ1v) is 12.2. The van der Waals surface area contributed by atoms with Crippen molar-refractivity contribution in [2.45, 2.75) is 18.8 Å². The summed E-state index contributed by atoms with van der Waals surface area (Å²) in [6.45, 7) is 2.78. The summed E-state index contributed by atoms with van der Waals surface area (Å²) in [5.41, 5.74) is 11.7. The van der Waals surface area contributed by atoms with Crippen molar-refractivity contribution in [3.8, 4) is 11.1 Å². The number of hydrogen-bond donors (Lipinski definition) is 2. The van der Waals surface area contributed by atoms with Gasteiger partial charge in [0.15, 0.2) is 0 Å². The van der Waals surface area contributed by atoms with Crippen molar-refractivity contribution in [3.05, 3.63) is 95.1 Å². The fraction of sp³-hybridized carbons (Fsp3) is 0.276. The Labute approximate surface area is 210 Å². The standard InChI is InChI=1S/C29H29N3O4/c1-2-35-28(33)25-16-32(15-24(25)18-8-7-9-19(14-18)27(30)31)29(34)36-17-26-22-12-5-3-10-20(22)21-11-4-6-13-23(21)26/h3-14,24-26H,2,15-17H2,1H3,(H3,30,31). The normalized spacial score (nSPS) is 18.4. The number of amides is 1. The van der Waals surface area contributed by atoms with Crippen molar-refractivity contribution in [1.29, 1.82) is 5.41 Å². The Morgan fingerprint density at radius 1 is 0.944 bits per heavy atom. The Hall–Kier alpha value is -4.13.